The molecule has 0 saturated heterocycles. The lowest BCUT2D eigenvalue weighted by atomic mass is 9.84. The molecule has 0 atom stereocenters. The number of carbonyl (C=O) groups excluding carboxylic acids is 1. The van der Waals surface area contributed by atoms with E-state index >= 15 is 0 Å². The van der Waals surface area contributed by atoms with Gasteiger partial charge >= 0.3 is 5.97 Å². The molecule has 0 aliphatic carbocycles. The predicted octanol–water partition coefficient (Wildman–Crippen LogP) is 6.70. The van der Waals surface area contributed by atoms with Crippen molar-refractivity contribution in [1.82, 2.24) is 0 Å². The molecule has 0 N–H and O–H groups in total. The summed E-state index contributed by atoms with van der Waals surface area (Å²) in [5, 5.41) is 0. The molecule has 4 aromatic carbocycles. The average Bonchev–Trinajstić information content (AvgIpc) is 2.84. The number of methoxy groups -OCH3 is 1. The Balaban J connectivity index is 2.02. The van der Waals surface area contributed by atoms with Crippen molar-refractivity contribution in [3.63, 3.8) is 0 Å². The smallest absolute Gasteiger partial charge is 0.339 e. The number of ether oxygens (including phenoxy) is 1. The van der Waals surface area contributed by atoms with Crippen molar-refractivity contribution >= 4 is 17.7 Å². The molecular formula is C27H21FO2S. The molecule has 4 aromatic rings. The monoisotopic (exact) mass is 428 g/mol. The lowest BCUT2D eigenvalue weighted by Crippen LogP contribution is -2.26. The van der Waals surface area contributed by atoms with Gasteiger partial charge in [0.1, 0.15) is 5.82 Å². The number of esters is 1. The van der Waals surface area contributed by atoms with E-state index in [1.54, 1.807) is 6.07 Å². The fraction of sp³-hybridized carbons (Fsp3) is 0.0741. The Morgan fingerprint density at radius 1 is 0.742 bits per heavy atom. The third-order valence-electron chi connectivity index (χ3n) is 5.15. The Hall–Kier alpha value is -3.37. The van der Waals surface area contributed by atoms with Crippen LogP contribution in [0.3, 0.4) is 0 Å². The van der Waals surface area contributed by atoms with Crippen molar-refractivity contribution in [3.8, 4) is 0 Å². The van der Waals surface area contributed by atoms with Gasteiger partial charge in [0, 0.05) is 4.90 Å². The molecule has 0 aliphatic rings. The molecule has 2 nitrogen and oxygen atoms in total. The van der Waals surface area contributed by atoms with E-state index in [0.717, 1.165) is 16.7 Å². The van der Waals surface area contributed by atoms with Gasteiger partial charge in [0.15, 0.2) is 0 Å². The van der Waals surface area contributed by atoms with Crippen molar-refractivity contribution in [3.05, 3.63) is 137 Å². The quantitative estimate of drug-likeness (QED) is 0.194. The number of thioether (sulfide) groups is 1. The predicted molar refractivity (Wildman–Crippen MR) is 123 cm³/mol. The van der Waals surface area contributed by atoms with Crippen LogP contribution in [-0.4, -0.2) is 13.1 Å². The van der Waals surface area contributed by atoms with Crippen LogP contribution in [0.5, 0.6) is 0 Å². The molecule has 0 amide bonds. The third-order valence-corrected chi connectivity index (χ3v) is 6.74. The molecule has 0 bridgehead atoms. The highest BCUT2D eigenvalue weighted by molar-refractivity contribution is 8.00. The van der Waals surface area contributed by atoms with Gasteiger partial charge in [0.05, 0.1) is 17.4 Å². The highest BCUT2D eigenvalue weighted by Crippen LogP contribution is 2.52. The topological polar surface area (TPSA) is 26.3 Å². The molecule has 0 saturated carbocycles. The minimum Gasteiger partial charge on any atom is -0.465 e. The SMILES string of the molecule is COC(=O)c1cc(F)ccc1SC(c1ccccc1)(c1ccccc1)c1ccccc1. The van der Waals surface area contributed by atoms with Gasteiger partial charge in [0.2, 0.25) is 0 Å². The van der Waals surface area contributed by atoms with E-state index in [-0.39, 0.29) is 5.56 Å². The number of carbonyl (C=O) groups is 1. The molecule has 0 aliphatic heterocycles. The molecule has 0 radical (unpaired) electrons. The van der Waals surface area contributed by atoms with Gasteiger partial charge in [-0.05, 0) is 34.9 Å². The number of hydrogen-bond donors (Lipinski definition) is 0. The molecule has 0 aromatic heterocycles. The molecule has 31 heavy (non-hydrogen) atoms. The zero-order valence-electron chi connectivity index (χ0n) is 17.0. The molecule has 154 valence electrons. The largest absolute Gasteiger partial charge is 0.465 e. The molecular weight excluding hydrogens is 407 g/mol. The highest BCUT2D eigenvalue weighted by Gasteiger charge is 2.38. The first kappa shape index (κ1) is 20.9. The normalized spacial score (nSPS) is 11.2. The Bertz CT molecular complexity index is 1070. The molecule has 0 spiro atoms. The first-order valence-electron chi connectivity index (χ1n) is 9.88. The zero-order chi connectivity index (χ0) is 21.7. The second kappa shape index (κ2) is 9.19. The maximum atomic E-state index is 14.0. The molecule has 0 fully saturated rings. The van der Waals surface area contributed by atoms with E-state index < -0.39 is 16.5 Å². The Kier molecular flexibility index (Phi) is 6.19. The van der Waals surface area contributed by atoms with E-state index in [1.165, 1.54) is 31.0 Å². The summed E-state index contributed by atoms with van der Waals surface area (Å²) in [6.07, 6.45) is 0. The van der Waals surface area contributed by atoms with E-state index in [1.807, 2.05) is 54.6 Å². The maximum absolute atomic E-state index is 14.0. The second-order valence-corrected chi connectivity index (χ2v) is 8.27. The minimum absolute atomic E-state index is 0.208. The summed E-state index contributed by atoms with van der Waals surface area (Å²) in [4.78, 5) is 13.1. The van der Waals surface area contributed by atoms with Crippen molar-refractivity contribution in [2.75, 3.05) is 7.11 Å². The van der Waals surface area contributed by atoms with Gasteiger partial charge in [-0.25, -0.2) is 9.18 Å². The number of halogens is 1. The molecule has 4 rings (SSSR count). The van der Waals surface area contributed by atoms with Crippen LogP contribution in [0.25, 0.3) is 0 Å². The van der Waals surface area contributed by atoms with Crippen molar-refractivity contribution in [2.24, 2.45) is 0 Å². The van der Waals surface area contributed by atoms with Crippen LogP contribution in [0.4, 0.5) is 4.39 Å². The number of hydrogen-bond acceptors (Lipinski definition) is 3. The van der Waals surface area contributed by atoms with Crippen LogP contribution in [0.2, 0.25) is 0 Å². The lowest BCUT2D eigenvalue weighted by Gasteiger charge is -2.35. The van der Waals surface area contributed by atoms with Crippen molar-refractivity contribution in [2.45, 2.75) is 9.64 Å². The van der Waals surface area contributed by atoms with E-state index in [9.17, 15) is 9.18 Å². The van der Waals surface area contributed by atoms with E-state index in [2.05, 4.69) is 36.4 Å². The highest BCUT2D eigenvalue weighted by atomic mass is 32.2. The van der Waals surface area contributed by atoms with Gasteiger partial charge < -0.3 is 4.74 Å². The Morgan fingerprint density at radius 2 is 1.19 bits per heavy atom. The number of benzene rings is 4. The standard InChI is InChI=1S/C27H21FO2S/c1-30-26(29)24-19-23(28)17-18-25(24)31-27(20-11-5-2-6-12-20,21-13-7-3-8-14-21)22-15-9-4-10-16-22/h2-19H,1H3. The zero-order valence-corrected chi connectivity index (χ0v) is 17.8. The van der Waals surface area contributed by atoms with Gasteiger partial charge in [0.25, 0.3) is 0 Å². The lowest BCUT2D eigenvalue weighted by molar-refractivity contribution is 0.0596. The van der Waals surface area contributed by atoms with Crippen LogP contribution >= 0.6 is 11.8 Å². The summed E-state index contributed by atoms with van der Waals surface area (Å²) < 4.78 is 18.3. The van der Waals surface area contributed by atoms with Crippen LogP contribution in [0, 0.1) is 5.82 Å². The average molecular weight is 429 g/mol. The first-order chi connectivity index (χ1) is 15.1. The fourth-order valence-corrected chi connectivity index (χ4v) is 5.20. The summed E-state index contributed by atoms with van der Waals surface area (Å²) in [6.45, 7) is 0. The van der Waals surface area contributed by atoms with E-state index in [4.69, 9.17) is 4.74 Å². The molecule has 4 heteroatoms. The maximum Gasteiger partial charge on any atom is 0.339 e. The minimum atomic E-state index is -0.662. The molecule has 0 heterocycles. The summed E-state index contributed by atoms with van der Waals surface area (Å²) in [7, 11) is 1.31. The summed E-state index contributed by atoms with van der Waals surface area (Å²) in [5.41, 5.74) is 3.37. The van der Waals surface area contributed by atoms with Gasteiger partial charge in [-0.1, -0.05) is 91.0 Å². The van der Waals surface area contributed by atoms with Crippen LogP contribution in [0.15, 0.2) is 114 Å². The van der Waals surface area contributed by atoms with Gasteiger partial charge in [-0.15, -0.1) is 11.8 Å². The Morgan fingerprint density at radius 3 is 1.61 bits per heavy atom. The van der Waals surface area contributed by atoms with Gasteiger partial charge in [-0.2, -0.15) is 0 Å². The third kappa shape index (κ3) is 4.12. The summed E-state index contributed by atoms with van der Waals surface area (Å²) in [5.74, 6) is -1.04. The van der Waals surface area contributed by atoms with Crippen molar-refractivity contribution in [1.29, 1.82) is 0 Å². The van der Waals surface area contributed by atoms with E-state index in [0.29, 0.717) is 4.90 Å². The van der Waals surface area contributed by atoms with Crippen LogP contribution in [0.1, 0.15) is 27.0 Å². The van der Waals surface area contributed by atoms with Crippen molar-refractivity contribution < 1.29 is 13.9 Å². The van der Waals surface area contributed by atoms with Gasteiger partial charge in [-0.3, -0.25) is 0 Å². The Labute approximate surface area is 185 Å². The second-order valence-electron chi connectivity index (χ2n) is 7.01. The fourth-order valence-electron chi connectivity index (χ4n) is 3.72. The summed E-state index contributed by atoms with van der Waals surface area (Å²) >= 11 is 1.51. The molecule has 0 unspecified atom stereocenters. The van der Waals surface area contributed by atoms with Crippen LogP contribution < -0.4 is 0 Å². The summed E-state index contributed by atoms with van der Waals surface area (Å²) in [6, 6.07) is 34.7. The van der Waals surface area contributed by atoms with Crippen LogP contribution in [-0.2, 0) is 9.48 Å². The first-order valence-corrected chi connectivity index (χ1v) is 10.7. The number of rotatable bonds is 6.